The Kier molecular flexibility index (Phi) is 5.72. The summed E-state index contributed by atoms with van der Waals surface area (Å²) < 4.78 is 5.18. The minimum atomic E-state index is -0.640. The molecule has 8 nitrogen and oxygen atoms in total. The highest BCUT2D eigenvalue weighted by Crippen LogP contribution is 2.30. The van der Waals surface area contributed by atoms with E-state index in [1.807, 2.05) is 12.1 Å². The first-order chi connectivity index (χ1) is 13.7. The van der Waals surface area contributed by atoms with Gasteiger partial charge in [0.1, 0.15) is 11.6 Å². The second-order valence-corrected chi connectivity index (χ2v) is 8.06. The number of carbonyl (C=O) groups is 4. The third kappa shape index (κ3) is 4.82. The van der Waals surface area contributed by atoms with Crippen molar-refractivity contribution in [3.63, 3.8) is 0 Å². The van der Waals surface area contributed by atoms with Gasteiger partial charge in [-0.1, -0.05) is 24.3 Å². The number of piperidine rings is 1. The third-order valence-corrected chi connectivity index (χ3v) is 4.68. The molecule has 1 aromatic carbocycles. The fourth-order valence-corrected chi connectivity index (χ4v) is 3.41. The summed E-state index contributed by atoms with van der Waals surface area (Å²) in [4.78, 5) is 49.5. The zero-order valence-corrected chi connectivity index (χ0v) is 16.8. The highest BCUT2D eigenvalue weighted by molar-refractivity contribution is 6.05. The zero-order chi connectivity index (χ0) is 21.2. The lowest BCUT2D eigenvalue weighted by atomic mass is 10.0. The van der Waals surface area contributed by atoms with Crippen molar-refractivity contribution in [3.8, 4) is 0 Å². The maximum absolute atomic E-state index is 12.8. The summed E-state index contributed by atoms with van der Waals surface area (Å²) in [7, 11) is 0. The number of carbonyl (C=O) groups excluding carboxylic acids is 4. The average molecular weight is 399 g/mol. The standard InChI is InChI=1S/C21H25N3O5/c1-21(2,3)29-20(28)22-11-5-7-13-6-4-8-14-15(13)12-24(19(14)27)16-9-10-17(25)23-18(16)26/h4-8,16H,9-12H2,1-3H3,(H,22,28)(H,23,25,26)/b7-5+. The average Bonchev–Trinajstić information content (AvgIpc) is 2.95. The first kappa shape index (κ1) is 20.6. The van der Waals surface area contributed by atoms with E-state index in [1.165, 1.54) is 4.90 Å². The zero-order valence-electron chi connectivity index (χ0n) is 16.8. The van der Waals surface area contributed by atoms with Crippen molar-refractivity contribution in [1.82, 2.24) is 15.5 Å². The van der Waals surface area contributed by atoms with Crippen molar-refractivity contribution in [3.05, 3.63) is 41.0 Å². The molecule has 2 aliphatic heterocycles. The minimum absolute atomic E-state index is 0.211. The van der Waals surface area contributed by atoms with E-state index in [1.54, 1.807) is 39.0 Å². The molecule has 0 aliphatic carbocycles. The summed E-state index contributed by atoms with van der Waals surface area (Å²) in [5.41, 5.74) is 1.66. The Bertz CT molecular complexity index is 885. The molecule has 29 heavy (non-hydrogen) atoms. The fraction of sp³-hybridized carbons (Fsp3) is 0.429. The lowest BCUT2D eigenvalue weighted by Crippen LogP contribution is -2.52. The molecule has 1 aromatic rings. The van der Waals surface area contributed by atoms with Gasteiger partial charge in [0.15, 0.2) is 0 Å². The maximum Gasteiger partial charge on any atom is 0.407 e. The molecule has 0 radical (unpaired) electrons. The Morgan fingerprint density at radius 2 is 2.07 bits per heavy atom. The molecule has 1 saturated heterocycles. The summed E-state index contributed by atoms with van der Waals surface area (Å²) in [6.07, 6.45) is 3.66. The number of imide groups is 1. The Hall–Kier alpha value is -3.16. The van der Waals surface area contributed by atoms with Crippen molar-refractivity contribution in [2.75, 3.05) is 6.54 Å². The van der Waals surface area contributed by atoms with Crippen molar-refractivity contribution in [2.45, 2.75) is 51.8 Å². The minimum Gasteiger partial charge on any atom is -0.444 e. The van der Waals surface area contributed by atoms with Crippen LogP contribution in [0.1, 0.15) is 55.1 Å². The van der Waals surface area contributed by atoms with Crippen LogP contribution >= 0.6 is 0 Å². The van der Waals surface area contributed by atoms with E-state index in [0.29, 0.717) is 18.5 Å². The third-order valence-electron chi connectivity index (χ3n) is 4.68. The molecule has 0 spiro atoms. The van der Waals surface area contributed by atoms with Gasteiger partial charge in [-0.2, -0.15) is 0 Å². The highest BCUT2D eigenvalue weighted by atomic mass is 16.6. The van der Waals surface area contributed by atoms with E-state index in [4.69, 9.17) is 4.74 Å². The second-order valence-electron chi connectivity index (χ2n) is 8.06. The van der Waals surface area contributed by atoms with Crippen LogP contribution < -0.4 is 10.6 Å². The molecule has 0 aromatic heterocycles. The van der Waals surface area contributed by atoms with Gasteiger partial charge in [0.05, 0.1) is 0 Å². The Labute approximate surface area is 169 Å². The molecule has 1 fully saturated rings. The molecule has 0 saturated carbocycles. The van der Waals surface area contributed by atoms with Gasteiger partial charge < -0.3 is 15.0 Å². The van der Waals surface area contributed by atoms with Gasteiger partial charge in [-0.15, -0.1) is 0 Å². The van der Waals surface area contributed by atoms with E-state index >= 15 is 0 Å². The smallest absolute Gasteiger partial charge is 0.407 e. The number of alkyl carbamates (subject to hydrolysis) is 1. The largest absolute Gasteiger partial charge is 0.444 e. The topological polar surface area (TPSA) is 105 Å². The van der Waals surface area contributed by atoms with Crippen LogP contribution in [-0.4, -0.2) is 46.9 Å². The summed E-state index contributed by atoms with van der Waals surface area (Å²) in [6.45, 7) is 5.96. The predicted molar refractivity (Wildman–Crippen MR) is 106 cm³/mol. The first-order valence-electron chi connectivity index (χ1n) is 9.55. The summed E-state index contributed by atoms with van der Waals surface area (Å²) in [6, 6.07) is 4.76. The van der Waals surface area contributed by atoms with E-state index < -0.39 is 23.6 Å². The van der Waals surface area contributed by atoms with Gasteiger partial charge in [0, 0.05) is 25.1 Å². The normalized spacial score (nSPS) is 19.3. The van der Waals surface area contributed by atoms with Crippen molar-refractivity contribution in [1.29, 1.82) is 0 Å². The Morgan fingerprint density at radius 1 is 1.31 bits per heavy atom. The lowest BCUT2D eigenvalue weighted by molar-refractivity contribution is -0.136. The van der Waals surface area contributed by atoms with Crippen LogP contribution in [0.3, 0.4) is 0 Å². The quantitative estimate of drug-likeness (QED) is 0.754. The molecule has 4 amide bonds. The number of nitrogens with zero attached hydrogens (tertiary/aromatic N) is 1. The summed E-state index contributed by atoms with van der Waals surface area (Å²) in [5, 5.41) is 4.95. The second kappa shape index (κ2) is 8.06. The van der Waals surface area contributed by atoms with E-state index in [9.17, 15) is 19.2 Å². The number of fused-ring (bicyclic) bond motifs is 1. The fourth-order valence-electron chi connectivity index (χ4n) is 3.41. The van der Waals surface area contributed by atoms with Gasteiger partial charge in [0.2, 0.25) is 11.8 Å². The van der Waals surface area contributed by atoms with Crippen LogP contribution in [0.4, 0.5) is 4.79 Å². The molecule has 1 atom stereocenters. The predicted octanol–water partition coefficient (Wildman–Crippen LogP) is 1.99. The Balaban J connectivity index is 1.67. The van der Waals surface area contributed by atoms with Gasteiger partial charge in [0.25, 0.3) is 5.91 Å². The molecular formula is C21H25N3O5. The van der Waals surface area contributed by atoms with Crippen molar-refractivity contribution < 1.29 is 23.9 Å². The van der Waals surface area contributed by atoms with E-state index in [-0.39, 0.29) is 24.8 Å². The Morgan fingerprint density at radius 3 is 2.76 bits per heavy atom. The van der Waals surface area contributed by atoms with Crippen molar-refractivity contribution >= 4 is 29.9 Å². The van der Waals surface area contributed by atoms with Crippen LogP contribution in [0.2, 0.25) is 0 Å². The maximum atomic E-state index is 12.8. The van der Waals surface area contributed by atoms with Crippen molar-refractivity contribution in [2.24, 2.45) is 0 Å². The lowest BCUT2D eigenvalue weighted by Gasteiger charge is -2.29. The van der Waals surface area contributed by atoms with E-state index in [2.05, 4.69) is 10.6 Å². The first-order valence-corrected chi connectivity index (χ1v) is 9.55. The summed E-state index contributed by atoms with van der Waals surface area (Å²) >= 11 is 0. The van der Waals surface area contributed by atoms with Gasteiger partial charge in [-0.25, -0.2) is 4.79 Å². The van der Waals surface area contributed by atoms with E-state index in [0.717, 1.165) is 11.1 Å². The van der Waals surface area contributed by atoms with Gasteiger partial charge in [-0.3, -0.25) is 19.7 Å². The number of benzene rings is 1. The van der Waals surface area contributed by atoms with Gasteiger partial charge >= 0.3 is 6.09 Å². The van der Waals surface area contributed by atoms with Crippen LogP contribution in [-0.2, 0) is 20.9 Å². The molecule has 0 bridgehead atoms. The number of nitrogens with one attached hydrogen (secondary N) is 2. The number of hydrogen-bond donors (Lipinski definition) is 2. The monoisotopic (exact) mass is 399 g/mol. The molecule has 2 aliphatic rings. The molecular weight excluding hydrogens is 374 g/mol. The molecule has 2 N–H and O–H groups in total. The molecule has 2 heterocycles. The van der Waals surface area contributed by atoms with Crippen LogP contribution in [0.15, 0.2) is 24.3 Å². The van der Waals surface area contributed by atoms with Crippen LogP contribution in [0.25, 0.3) is 6.08 Å². The molecule has 1 unspecified atom stereocenters. The summed E-state index contributed by atoms with van der Waals surface area (Å²) in [5.74, 6) is -0.950. The SMILES string of the molecule is CC(C)(C)OC(=O)NC/C=C/c1cccc2c1CN(C1CCC(=O)NC1=O)C2=O. The number of rotatable bonds is 4. The highest BCUT2D eigenvalue weighted by Gasteiger charge is 2.39. The number of ether oxygens (including phenoxy) is 1. The molecule has 154 valence electrons. The van der Waals surface area contributed by atoms with Gasteiger partial charge in [-0.05, 0) is 44.4 Å². The van der Waals surface area contributed by atoms with Crippen LogP contribution in [0, 0.1) is 0 Å². The van der Waals surface area contributed by atoms with Crippen LogP contribution in [0.5, 0.6) is 0 Å². The molecule has 8 heteroatoms. The number of hydrogen-bond acceptors (Lipinski definition) is 5. The molecule has 3 rings (SSSR count). The number of amides is 4.